The van der Waals surface area contributed by atoms with Gasteiger partial charge in [-0.2, -0.15) is 13.2 Å². The van der Waals surface area contributed by atoms with Crippen LogP contribution in [0, 0.1) is 6.92 Å². The number of hydrogen-bond donors (Lipinski definition) is 1. The van der Waals surface area contributed by atoms with Gasteiger partial charge in [0.1, 0.15) is 16.5 Å². The molecule has 10 heteroatoms. The van der Waals surface area contributed by atoms with E-state index in [-0.39, 0.29) is 0 Å². The quantitative estimate of drug-likeness (QED) is 0.306. The first-order valence-electron chi connectivity index (χ1n) is 11.9. The number of nitrogens with zero attached hydrogens (tertiary/aromatic N) is 2. The lowest BCUT2D eigenvalue weighted by atomic mass is 10.1. The van der Waals surface area contributed by atoms with E-state index in [1.54, 1.807) is 38.3 Å². The number of aryl methyl sites for hydroxylation is 1. The number of methoxy groups -OCH3 is 1. The van der Waals surface area contributed by atoms with Gasteiger partial charge in [-0.3, -0.25) is 9.69 Å². The molecule has 0 unspecified atom stereocenters. The van der Waals surface area contributed by atoms with Gasteiger partial charge < -0.3 is 14.8 Å². The number of nitrogens with one attached hydrogen (secondary N) is 1. The number of aromatic nitrogens is 1. The summed E-state index contributed by atoms with van der Waals surface area (Å²) in [6.45, 7) is 11.4. The molecule has 0 atom stereocenters. The van der Waals surface area contributed by atoms with E-state index < -0.39 is 17.6 Å². The Bertz CT molecular complexity index is 1220. The van der Waals surface area contributed by atoms with Crippen LogP contribution in [-0.4, -0.2) is 48.1 Å². The highest BCUT2D eigenvalue weighted by molar-refractivity contribution is 7.17. The molecule has 2 aromatic carbocycles. The van der Waals surface area contributed by atoms with E-state index in [0.717, 1.165) is 30.0 Å². The van der Waals surface area contributed by atoms with Crippen molar-refractivity contribution >= 4 is 22.9 Å². The number of hydrogen-bond acceptors (Lipinski definition) is 6. The van der Waals surface area contributed by atoms with Crippen molar-refractivity contribution in [2.45, 2.75) is 52.9 Å². The summed E-state index contributed by atoms with van der Waals surface area (Å²) in [5.74, 6) is 0.632. The van der Waals surface area contributed by atoms with Crippen molar-refractivity contribution in [3.8, 4) is 22.1 Å². The van der Waals surface area contributed by atoms with E-state index in [0.29, 0.717) is 57.0 Å². The minimum Gasteiger partial charge on any atom is -0.493 e. The Morgan fingerprint density at radius 1 is 1.08 bits per heavy atom. The zero-order chi connectivity index (χ0) is 27.3. The Kier molecular flexibility index (Phi) is 9.20. The van der Waals surface area contributed by atoms with Gasteiger partial charge >= 0.3 is 6.18 Å². The number of halogens is 3. The summed E-state index contributed by atoms with van der Waals surface area (Å²) in [6, 6.07) is 10.8. The van der Waals surface area contributed by atoms with Crippen LogP contribution in [0.15, 0.2) is 42.5 Å². The predicted molar refractivity (Wildman–Crippen MR) is 141 cm³/mol. The first-order valence-corrected chi connectivity index (χ1v) is 12.7. The minimum absolute atomic E-state index is 0.305. The summed E-state index contributed by atoms with van der Waals surface area (Å²) in [7, 11) is 1.55. The van der Waals surface area contributed by atoms with Gasteiger partial charge in [0.2, 0.25) is 0 Å². The lowest BCUT2D eigenvalue weighted by Gasteiger charge is -2.30. The molecule has 0 fully saturated rings. The standard InChI is InChI=1S/C27H32F3N3O3S/c1-16(2)33(17(3)4)12-13-36-23-15-21(10-11-22(23)35-6)32-25(34)24-18(5)31-26(37-24)19-8-7-9-20(14-19)27(28,29)30/h7-11,14-17H,12-13H2,1-6H3,(H,32,34). The molecule has 0 spiro atoms. The zero-order valence-electron chi connectivity index (χ0n) is 21.8. The van der Waals surface area contributed by atoms with Crippen LogP contribution in [0.4, 0.5) is 18.9 Å². The summed E-state index contributed by atoms with van der Waals surface area (Å²) in [5.41, 5.74) is 0.472. The van der Waals surface area contributed by atoms with Crippen LogP contribution >= 0.6 is 11.3 Å². The summed E-state index contributed by atoms with van der Waals surface area (Å²) < 4.78 is 50.7. The summed E-state index contributed by atoms with van der Waals surface area (Å²) >= 11 is 1.04. The van der Waals surface area contributed by atoms with E-state index in [1.165, 1.54) is 6.07 Å². The van der Waals surface area contributed by atoms with Gasteiger partial charge in [0.15, 0.2) is 11.5 Å². The molecule has 0 bridgehead atoms. The molecule has 1 heterocycles. The van der Waals surface area contributed by atoms with E-state index in [1.807, 2.05) is 0 Å². The molecule has 0 aliphatic heterocycles. The van der Waals surface area contributed by atoms with Crippen molar-refractivity contribution < 1.29 is 27.4 Å². The third-order valence-electron chi connectivity index (χ3n) is 5.79. The van der Waals surface area contributed by atoms with Crippen molar-refractivity contribution in [3.63, 3.8) is 0 Å². The molecule has 3 aromatic rings. The maximum absolute atomic E-state index is 13.1. The monoisotopic (exact) mass is 535 g/mol. The van der Waals surface area contributed by atoms with E-state index in [9.17, 15) is 18.0 Å². The topological polar surface area (TPSA) is 63.7 Å². The van der Waals surface area contributed by atoms with Crippen LogP contribution in [0.3, 0.4) is 0 Å². The van der Waals surface area contributed by atoms with E-state index >= 15 is 0 Å². The number of ether oxygens (including phenoxy) is 2. The van der Waals surface area contributed by atoms with Gasteiger partial charge in [-0.15, -0.1) is 11.3 Å². The number of anilines is 1. The Balaban J connectivity index is 1.75. The average Bonchev–Trinajstić information content (AvgIpc) is 3.23. The summed E-state index contributed by atoms with van der Waals surface area (Å²) in [4.78, 5) is 20.0. The molecule has 1 aromatic heterocycles. The fourth-order valence-corrected chi connectivity index (χ4v) is 4.95. The van der Waals surface area contributed by atoms with Gasteiger partial charge in [-0.25, -0.2) is 4.98 Å². The largest absolute Gasteiger partial charge is 0.493 e. The highest BCUT2D eigenvalue weighted by Gasteiger charge is 2.31. The molecule has 1 N–H and O–H groups in total. The van der Waals surface area contributed by atoms with Gasteiger partial charge in [-0.05, 0) is 58.9 Å². The van der Waals surface area contributed by atoms with Crippen molar-refractivity contribution in [3.05, 3.63) is 58.6 Å². The fourth-order valence-electron chi connectivity index (χ4n) is 3.99. The molecule has 1 amide bonds. The lowest BCUT2D eigenvalue weighted by molar-refractivity contribution is -0.137. The van der Waals surface area contributed by atoms with Crippen LogP contribution in [-0.2, 0) is 6.18 Å². The molecule has 0 saturated heterocycles. The first kappa shape index (κ1) is 28.5. The Morgan fingerprint density at radius 2 is 1.78 bits per heavy atom. The van der Waals surface area contributed by atoms with E-state index in [4.69, 9.17) is 9.47 Å². The molecule has 0 saturated carbocycles. The first-order chi connectivity index (χ1) is 17.4. The number of amides is 1. The highest BCUT2D eigenvalue weighted by atomic mass is 32.1. The van der Waals surface area contributed by atoms with Crippen LogP contribution in [0.25, 0.3) is 10.6 Å². The number of alkyl halides is 3. The second-order valence-corrected chi connectivity index (χ2v) is 10.1. The number of rotatable bonds is 10. The second-order valence-electron chi connectivity index (χ2n) is 9.11. The number of thiazole rings is 1. The molecule has 0 aliphatic rings. The van der Waals surface area contributed by atoms with Gasteiger partial charge in [0.25, 0.3) is 5.91 Å². The average molecular weight is 536 g/mol. The third-order valence-corrected chi connectivity index (χ3v) is 7.00. The van der Waals surface area contributed by atoms with Gasteiger partial charge in [0, 0.05) is 35.9 Å². The van der Waals surface area contributed by atoms with Crippen molar-refractivity contribution in [1.29, 1.82) is 0 Å². The molecule has 200 valence electrons. The second kappa shape index (κ2) is 12.0. The molecule has 6 nitrogen and oxygen atoms in total. The maximum atomic E-state index is 13.1. The number of benzene rings is 2. The Morgan fingerprint density at radius 3 is 2.41 bits per heavy atom. The minimum atomic E-state index is -4.46. The predicted octanol–water partition coefficient (Wildman–Crippen LogP) is 6.90. The normalized spacial score (nSPS) is 11.9. The molecule has 37 heavy (non-hydrogen) atoms. The van der Waals surface area contributed by atoms with Crippen molar-refractivity contribution in [2.75, 3.05) is 25.6 Å². The van der Waals surface area contributed by atoms with Crippen LogP contribution < -0.4 is 14.8 Å². The summed E-state index contributed by atoms with van der Waals surface area (Å²) in [5, 5.41) is 3.17. The Hall–Kier alpha value is -3.11. The van der Waals surface area contributed by atoms with Crippen LogP contribution in [0.5, 0.6) is 11.5 Å². The molecule has 0 radical (unpaired) electrons. The van der Waals surface area contributed by atoms with Crippen LogP contribution in [0.1, 0.15) is 48.6 Å². The fraction of sp³-hybridized carbons (Fsp3) is 0.407. The Labute approximate surface area is 219 Å². The zero-order valence-corrected chi connectivity index (χ0v) is 22.6. The number of carbonyl (C=O) groups is 1. The van der Waals surface area contributed by atoms with Crippen molar-refractivity contribution in [1.82, 2.24) is 9.88 Å². The molecular formula is C27H32F3N3O3S. The highest BCUT2D eigenvalue weighted by Crippen LogP contribution is 2.35. The van der Waals surface area contributed by atoms with Crippen molar-refractivity contribution in [2.24, 2.45) is 0 Å². The van der Waals surface area contributed by atoms with Gasteiger partial charge in [0.05, 0.1) is 18.4 Å². The molecule has 3 rings (SSSR count). The molecular weight excluding hydrogens is 503 g/mol. The summed E-state index contributed by atoms with van der Waals surface area (Å²) in [6.07, 6.45) is -4.46. The smallest absolute Gasteiger partial charge is 0.416 e. The van der Waals surface area contributed by atoms with Crippen LogP contribution in [0.2, 0.25) is 0 Å². The molecule has 0 aliphatic carbocycles. The van der Waals surface area contributed by atoms with Gasteiger partial charge in [-0.1, -0.05) is 12.1 Å². The number of carbonyl (C=O) groups excluding carboxylic acids is 1. The SMILES string of the molecule is COc1ccc(NC(=O)c2sc(-c3cccc(C(F)(F)F)c3)nc2C)cc1OCCN(C(C)C)C(C)C. The third kappa shape index (κ3) is 7.23. The maximum Gasteiger partial charge on any atom is 0.416 e. The lowest BCUT2D eigenvalue weighted by Crippen LogP contribution is -2.39. The van der Waals surface area contributed by atoms with E-state index in [2.05, 4.69) is 42.9 Å².